The van der Waals surface area contributed by atoms with Gasteiger partial charge in [-0.1, -0.05) is 0 Å². The Balaban J connectivity index is 2.01. The van der Waals surface area contributed by atoms with Gasteiger partial charge in [0.25, 0.3) is 5.56 Å². The second-order valence-electron chi connectivity index (χ2n) is 4.94. The van der Waals surface area contributed by atoms with Gasteiger partial charge in [0.2, 0.25) is 5.91 Å². The molecule has 0 fully saturated rings. The summed E-state index contributed by atoms with van der Waals surface area (Å²) in [4.78, 5) is 39.0. The first-order valence-electron chi connectivity index (χ1n) is 6.98. The van der Waals surface area contributed by atoms with Crippen LogP contribution in [0, 0.1) is 0 Å². The lowest BCUT2D eigenvalue weighted by atomic mass is 10.2. The maximum Gasteiger partial charge on any atom is 0.325 e. The lowest BCUT2D eigenvalue weighted by Crippen LogP contribution is -2.33. The molecule has 0 aliphatic rings. The highest BCUT2D eigenvalue weighted by Gasteiger charge is 2.16. The molecular weight excluding hydrogens is 304 g/mol. The van der Waals surface area contributed by atoms with Crippen molar-refractivity contribution in [2.24, 2.45) is 0 Å². The summed E-state index contributed by atoms with van der Waals surface area (Å²) in [6, 6.07) is -0.385. The summed E-state index contributed by atoms with van der Waals surface area (Å²) >= 11 is 0. The molecular formula is C13H18N6O4. The summed E-state index contributed by atoms with van der Waals surface area (Å²) < 4.78 is 6.78. The highest BCUT2D eigenvalue weighted by molar-refractivity contribution is 5.78. The number of carbonyl (C=O) groups is 1. The third-order valence-corrected chi connectivity index (χ3v) is 3.19. The Morgan fingerprint density at radius 1 is 1.48 bits per heavy atom. The number of hydrogen-bond acceptors (Lipinski definition) is 6. The Hall–Kier alpha value is -2.75. The van der Waals surface area contributed by atoms with E-state index in [-0.39, 0.29) is 23.9 Å². The first kappa shape index (κ1) is 16.6. The molecule has 1 amide bonds. The SMILES string of the molecule is COCCn1cnnc1[C@@H](C)NC(=O)Cc1c[nH]c(=O)[nH]c1=O. The minimum absolute atomic E-state index is 0.150. The van der Waals surface area contributed by atoms with Crippen LogP contribution in [0.1, 0.15) is 24.4 Å². The summed E-state index contributed by atoms with van der Waals surface area (Å²) in [6.07, 6.45) is 2.64. The van der Waals surface area contributed by atoms with Gasteiger partial charge in [-0.15, -0.1) is 10.2 Å². The molecule has 2 aromatic heterocycles. The molecule has 0 aromatic carbocycles. The van der Waals surface area contributed by atoms with Crippen LogP contribution < -0.4 is 16.6 Å². The molecule has 0 aliphatic heterocycles. The van der Waals surface area contributed by atoms with Crippen LogP contribution >= 0.6 is 0 Å². The monoisotopic (exact) mass is 322 g/mol. The first-order valence-corrected chi connectivity index (χ1v) is 6.98. The van der Waals surface area contributed by atoms with E-state index in [0.29, 0.717) is 19.0 Å². The van der Waals surface area contributed by atoms with E-state index in [1.54, 1.807) is 24.9 Å². The maximum atomic E-state index is 12.0. The first-order chi connectivity index (χ1) is 11.0. The van der Waals surface area contributed by atoms with Crippen LogP contribution in [0.15, 0.2) is 22.1 Å². The van der Waals surface area contributed by atoms with Gasteiger partial charge in [0, 0.05) is 25.4 Å². The molecule has 0 unspecified atom stereocenters. The van der Waals surface area contributed by atoms with Gasteiger partial charge in [0.15, 0.2) is 5.82 Å². The van der Waals surface area contributed by atoms with Gasteiger partial charge in [-0.3, -0.25) is 14.6 Å². The summed E-state index contributed by atoms with van der Waals surface area (Å²) in [7, 11) is 1.59. The van der Waals surface area contributed by atoms with Crippen molar-refractivity contribution in [2.75, 3.05) is 13.7 Å². The predicted octanol–water partition coefficient (Wildman–Crippen LogP) is -1.28. The van der Waals surface area contributed by atoms with E-state index in [9.17, 15) is 14.4 Å². The van der Waals surface area contributed by atoms with Crippen LogP contribution in [0.3, 0.4) is 0 Å². The molecule has 124 valence electrons. The quantitative estimate of drug-likeness (QED) is 0.581. The molecule has 10 nitrogen and oxygen atoms in total. The minimum atomic E-state index is -0.612. The second kappa shape index (κ2) is 7.49. The molecule has 1 atom stereocenters. The Kier molecular flexibility index (Phi) is 5.41. The lowest BCUT2D eigenvalue weighted by Gasteiger charge is -2.14. The van der Waals surface area contributed by atoms with Gasteiger partial charge in [-0.2, -0.15) is 0 Å². The summed E-state index contributed by atoms with van der Waals surface area (Å²) in [5.74, 6) is 0.224. The molecule has 2 rings (SSSR count). The number of methoxy groups -OCH3 is 1. The Labute approximate surface area is 130 Å². The summed E-state index contributed by atoms with van der Waals surface area (Å²) in [5, 5.41) is 10.5. The van der Waals surface area contributed by atoms with Crippen molar-refractivity contribution < 1.29 is 9.53 Å². The van der Waals surface area contributed by atoms with Crippen molar-refractivity contribution in [1.29, 1.82) is 0 Å². The van der Waals surface area contributed by atoms with Crippen LogP contribution in [0.4, 0.5) is 0 Å². The van der Waals surface area contributed by atoms with Gasteiger partial charge in [-0.05, 0) is 6.92 Å². The van der Waals surface area contributed by atoms with Gasteiger partial charge in [-0.25, -0.2) is 4.79 Å². The van der Waals surface area contributed by atoms with Crippen LogP contribution in [-0.2, 0) is 22.5 Å². The molecule has 0 aliphatic carbocycles. The number of rotatable bonds is 7. The fraction of sp³-hybridized carbons (Fsp3) is 0.462. The number of H-pyrrole nitrogens is 2. The van der Waals surface area contributed by atoms with Gasteiger partial charge in [0.05, 0.1) is 19.1 Å². The number of nitrogens with one attached hydrogen (secondary N) is 3. The molecule has 2 heterocycles. The Bertz CT molecular complexity index is 777. The average molecular weight is 322 g/mol. The number of nitrogens with zero attached hydrogens (tertiary/aromatic N) is 3. The minimum Gasteiger partial charge on any atom is -0.383 e. The average Bonchev–Trinajstić information content (AvgIpc) is 2.96. The fourth-order valence-electron chi connectivity index (χ4n) is 2.06. The Morgan fingerprint density at radius 2 is 2.26 bits per heavy atom. The van der Waals surface area contributed by atoms with Crippen molar-refractivity contribution in [3.05, 3.63) is 44.8 Å². The molecule has 23 heavy (non-hydrogen) atoms. The standard InChI is InChI=1S/C13H18N6O4/c1-8(11-18-15-7-19(11)3-4-23-2)16-10(20)5-9-6-14-13(22)17-12(9)21/h6-8H,3-5H2,1-2H3,(H,16,20)(H2,14,17,21,22)/t8-/m1/s1. The van der Waals surface area contributed by atoms with Crippen molar-refractivity contribution in [3.8, 4) is 0 Å². The highest BCUT2D eigenvalue weighted by atomic mass is 16.5. The lowest BCUT2D eigenvalue weighted by molar-refractivity contribution is -0.121. The zero-order valence-corrected chi connectivity index (χ0v) is 12.8. The molecule has 0 spiro atoms. The number of carbonyl (C=O) groups excluding carboxylic acids is 1. The highest BCUT2D eigenvalue weighted by Crippen LogP contribution is 2.09. The van der Waals surface area contributed by atoms with Crippen LogP contribution in [-0.4, -0.2) is 44.4 Å². The van der Waals surface area contributed by atoms with Crippen molar-refractivity contribution in [3.63, 3.8) is 0 Å². The van der Waals surface area contributed by atoms with Crippen LogP contribution in [0.5, 0.6) is 0 Å². The van der Waals surface area contributed by atoms with E-state index in [1.165, 1.54) is 6.20 Å². The van der Waals surface area contributed by atoms with Crippen molar-refractivity contribution >= 4 is 5.91 Å². The van der Waals surface area contributed by atoms with E-state index in [0.717, 1.165) is 0 Å². The number of aromatic nitrogens is 5. The fourth-order valence-corrected chi connectivity index (χ4v) is 2.06. The van der Waals surface area contributed by atoms with Crippen molar-refractivity contribution in [2.45, 2.75) is 25.9 Å². The number of aromatic amines is 2. The number of hydrogen-bond donors (Lipinski definition) is 3. The molecule has 3 N–H and O–H groups in total. The third-order valence-electron chi connectivity index (χ3n) is 3.19. The zero-order chi connectivity index (χ0) is 16.8. The number of ether oxygens (including phenoxy) is 1. The predicted molar refractivity (Wildman–Crippen MR) is 79.8 cm³/mol. The Morgan fingerprint density at radius 3 is 2.96 bits per heavy atom. The maximum absolute atomic E-state index is 12.0. The molecule has 2 aromatic rings. The van der Waals surface area contributed by atoms with Gasteiger partial charge >= 0.3 is 5.69 Å². The summed E-state index contributed by atoms with van der Waals surface area (Å²) in [5.41, 5.74) is -1.02. The molecule has 10 heteroatoms. The smallest absolute Gasteiger partial charge is 0.325 e. The molecule has 0 radical (unpaired) electrons. The van der Waals surface area contributed by atoms with E-state index in [4.69, 9.17) is 4.74 Å². The second-order valence-corrected chi connectivity index (χ2v) is 4.94. The van der Waals surface area contributed by atoms with E-state index in [1.807, 2.05) is 0 Å². The third kappa shape index (κ3) is 4.36. The van der Waals surface area contributed by atoms with E-state index in [2.05, 4.69) is 25.5 Å². The van der Waals surface area contributed by atoms with Crippen LogP contribution in [0.2, 0.25) is 0 Å². The van der Waals surface area contributed by atoms with Crippen LogP contribution in [0.25, 0.3) is 0 Å². The van der Waals surface area contributed by atoms with Gasteiger partial charge < -0.3 is 19.6 Å². The largest absolute Gasteiger partial charge is 0.383 e. The number of amides is 1. The molecule has 0 saturated carbocycles. The van der Waals surface area contributed by atoms with Gasteiger partial charge in [0.1, 0.15) is 6.33 Å². The van der Waals surface area contributed by atoms with E-state index >= 15 is 0 Å². The molecule has 0 saturated heterocycles. The topological polar surface area (TPSA) is 135 Å². The van der Waals surface area contributed by atoms with Crippen molar-refractivity contribution in [1.82, 2.24) is 30.0 Å². The molecule has 0 bridgehead atoms. The normalized spacial score (nSPS) is 12.1. The van der Waals surface area contributed by atoms with E-state index < -0.39 is 11.2 Å². The zero-order valence-electron chi connectivity index (χ0n) is 12.8. The summed E-state index contributed by atoms with van der Waals surface area (Å²) in [6.45, 7) is 2.83.